The van der Waals surface area contributed by atoms with Crippen LogP contribution in [0.15, 0.2) is 71.8 Å². The summed E-state index contributed by atoms with van der Waals surface area (Å²) >= 11 is 0. The standard InChI is InChI=1S/C18H13F5N2O2S/c19-28(20,21,22,23)15-9-7-14(8-10-15)25-17-16(2-1-11-24-17)12-3-5-13(6-4-12)18(26)27/h1-11H,(H,24,25)(H,26,27). The zero-order chi connectivity index (χ0) is 20.6. The Morgan fingerprint density at radius 2 is 1.50 bits per heavy atom. The molecule has 0 saturated heterocycles. The van der Waals surface area contributed by atoms with Gasteiger partial charge in [-0.1, -0.05) is 31.6 Å². The van der Waals surface area contributed by atoms with E-state index in [1.807, 2.05) is 0 Å². The monoisotopic (exact) mass is 416 g/mol. The highest BCUT2D eigenvalue weighted by Crippen LogP contribution is 3.02. The van der Waals surface area contributed by atoms with E-state index in [0.717, 1.165) is 12.1 Å². The van der Waals surface area contributed by atoms with E-state index in [1.54, 1.807) is 24.3 Å². The summed E-state index contributed by atoms with van der Waals surface area (Å²) in [6.45, 7) is 0. The molecule has 28 heavy (non-hydrogen) atoms. The number of pyridine rings is 1. The number of aromatic carboxylic acids is 1. The Bertz CT molecular complexity index is 1040. The summed E-state index contributed by atoms with van der Waals surface area (Å²) in [5.74, 6) is -0.814. The molecule has 2 aromatic carbocycles. The van der Waals surface area contributed by atoms with Crippen molar-refractivity contribution in [1.82, 2.24) is 4.98 Å². The minimum Gasteiger partial charge on any atom is -0.478 e. The number of carboxylic acid groups (broad SMARTS) is 1. The van der Waals surface area contributed by atoms with E-state index in [0.29, 0.717) is 23.3 Å². The van der Waals surface area contributed by atoms with Crippen LogP contribution >= 0.6 is 10.2 Å². The predicted octanol–water partition coefficient (Wildman–Crippen LogP) is 6.85. The van der Waals surface area contributed by atoms with Crippen LogP contribution in [0.1, 0.15) is 10.4 Å². The topological polar surface area (TPSA) is 62.2 Å². The molecule has 0 spiro atoms. The Morgan fingerprint density at radius 1 is 0.893 bits per heavy atom. The maximum Gasteiger partial charge on any atom is 0.335 e. The van der Waals surface area contributed by atoms with Crippen LogP contribution in [0.25, 0.3) is 11.1 Å². The number of hydrogen-bond acceptors (Lipinski definition) is 3. The van der Waals surface area contributed by atoms with Crippen LogP contribution in [0, 0.1) is 0 Å². The molecule has 0 saturated carbocycles. The molecule has 0 radical (unpaired) electrons. The van der Waals surface area contributed by atoms with Gasteiger partial charge in [-0.25, -0.2) is 9.78 Å². The van der Waals surface area contributed by atoms with Crippen molar-refractivity contribution in [1.29, 1.82) is 0 Å². The SMILES string of the molecule is O=C(O)c1ccc(-c2cccnc2Nc2ccc(S(F)(F)(F)(F)F)cc2)cc1. The third-order valence-electron chi connectivity index (χ3n) is 3.81. The summed E-state index contributed by atoms with van der Waals surface area (Å²) in [5, 5.41) is 11.7. The second-order valence-electron chi connectivity index (χ2n) is 5.90. The molecule has 0 aliphatic carbocycles. The van der Waals surface area contributed by atoms with Crippen molar-refractivity contribution in [3.05, 3.63) is 72.4 Å². The van der Waals surface area contributed by atoms with Crippen molar-refractivity contribution in [2.45, 2.75) is 4.90 Å². The number of carbonyl (C=O) groups is 1. The first-order valence-electron chi connectivity index (χ1n) is 7.73. The molecule has 0 bridgehead atoms. The molecule has 2 N–H and O–H groups in total. The van der Waals surface area contributed by atoms with Crippen LogP contribution in [0.5, 0.6) is 0 Å². The van der Waals surface area contributed by atoms with Crippen molar-refractivity contribution in [2.75, 3.05) is 5.32 Å². The lowest BCUT2D eigenvalue weighted by atomic mass is 10.0. The first kappa shape index (κ1) is 19.6. The molecule has 148 valence electrons. The Morgan fingerprint density at radius 3 is 2.04 bits per heavy atom. The van der Waals surface area contributed by atoms with Gasteiger partial charge in [0.05, 0.1) is 5.56 Å². The minimum atomic E-state index is -9.73. The summed E-state index contributed by atoms with van der Waals surface area (Å²) in [4.78, 5) is 13.1. The van der Waals surface area contributed by atoms with Gasteiger partial charge in [-0.05, 0) is 54.1 Å². The first-order chi connectivity index (χ1) is 12.8. The lowest BCUT2D eigenvalue weighted by Gasteiger charge is -2.40. The average molecular weight is 416 g/mol. The van der Waals surface area contributed by atoms with E-state index < -0.39 is 21.1 Å². The van der Waals surface area contributed by atoms with E-state index in [-0.39, 0.29) is 17.1 Å². The second-order valence-corrected chi connectivity index (χ2v) is 8.31. The van der Waals surface area contributed by atoms with Crippen LogP contribution in [0.3, 0.4) is 0 Å². The number of hydrogen-bond donors (Lipinski definition) is 2. The maximum absolute atomic E-state index is 12.8. The average Bonchev–Trinajstić information content (AvgIpc) is 2.61. The van der Waals surface area contributed by atoms with Crippen molar-refractivity contribution in [3.63, 3.8) is 0 Å². The van der Waals surface area contributed by atoms with E-state index in [2.05, 4.69) is 10.3 Å². The van der Waals surface area contributed by atoms with Crippen LogP contribution in [0.4, 0.5) is 30.9 Å². The molecule has 0 aliphatic rings. The Hall–Kier alpha value is -3.14. The molecule has 0 amide bonds. The molecule has 3 rings (SSSR count). The molecule has 4 nitrogen and oxygen atoms in total. The van der Waals surface area contributed by atoms with Gasteiger partial charge in [-0.15, -0.1) is 0 Å². The molecular weight excluding hydrogens is 403 g/mol. The number of nitrogens with zero attached hydrogens (tertiary/aromatic N) is 1. The molecule has 1 heterocycles. The van der Waals surface area contributed by atoms with Gasteiger partial charge in [-0.3, -0.25) is 0 Å². The lowest BCUT2D eigenvalue weighted by molar-refractivity contribution is 0.0697. The molecule has 0 fully saturated rings. The zero-order valence-corrected chi connectivity index (χ0v) is 14.8. The van der Waals surface area contributed by atoms with Gasteiger partial charge in [-0.2, -0.15) is 0 Å². The van der Waals surface area contributed by atoms with Crippen molar-refractivity contribution >= 4 is 27.7 Å². The molecule has 0 aliphatic heterocycles. The fourth-order valence-electron chi connectivity index (χ4n) is 2.46. The smallest absolute Gasteiger partial charge is 0.335 e. The van der Waals surface area contributed by atoms with Crippen molar-refractivity contribution in [2.24, 2.45) is 0 Å². The summed E-state index contributed by atoms with van der Waals surface area (Å²) in [7, 11) is -9.73. The molecule has 0 unspecified atom stereocenters. The van der Waals surface area contributed by atoms with Crippen LogP contribution in [-0.2, 0) is 0 Å². The lowest BCUT2D eigenvalue weighted by Crippen LogP contribution is -2.06. The van der Waals surface area contributed by atoms with Crippen LogP contribution < -0.4 is 5.32 Å². The Balaban J connectivity index is 1.91. The molecule has 0 atom stereocenters. The van der Waals surface area contributed by atoms with E-state index in [9.17, 15) is 24.2 Å². The van der Waals surface area contributed by atoms with Gasteiger partial charge in [0.2, 0.25) is 0 Å². The predicted molar refractivity (Wildman–Crippen MR) is 97.8 cm³/mol. The number of carboxylic acids is 1. The minimum absolute atomic E-state index is 0.0914. The van der Waals surface area contributed by atoms with Gasteiger partial charge >= 0.3 is 16.2 Å². The number of halogens is 5. The van der Waals surface area contributed by atoms with E-state index >= 15 is 0 Å². The van der Waals surface area contributed by atoms with Gasteiger partial charge in [0.1, 0.15) is 10.7 Å². The normalized spacial score (nSPS) is 14.0. The number of nitrogens with one attached hydrogen (secondary N) is 1. The second kappa shape index (κ2) is 5.93. The summed E-state index contributed by atoms with van der Waals surface area (Å²) < 4.78 is 64.0. The molecule has 1 aromatic heterocycles. The third-order valence-corrected chi connectivity index (χ3v) is 4.98. The Kier molecular flexibility index (Phi) is 4.15. The van der Waals surface area contributed by atoms with Gasteiger partial charge in [0, 0.05) is 17.4 Å². The van der Waals surface area contributed by atoms with E-state index in [4.69, 9.17) is 5.11 Å². The Labute approximate surface area is 156 Å². The number of rotatable bonds is 5. The van der Waals surface area contributed by atoms with Crippen molar-refractivity contribution in [3.8, 4) is 11.1 Å². The third kappa shape index (κ3) is 4.39. The fourth-order valence-corrected chi connectivity index (χ4v) is 3.11. The number of aromatic nitrogens is 1. The van der Waals surface area contributed by atoms with Crippen molar-refractivity contribution < 1.29 is 29.3 Å². The van der Waals surface area contributed by atoms with Gasteiger partial charge < -0.3 is 10.4 Å². The summed E-state index contributed by atoms with van der Waals surface area (Å²) in [5.41, 5.74) is 1.39. The van der Waals surface area contributed by atoms with Gasteiger partial charge in [0.15, 0.2) is 0 Å². The molecular formula is C18H13F5N2O2S. The quantitative estimate of drug-likeness (QED) is 0.447. The molecule has 3 aromatic rings. The number of benzene rings is 2. The maximum atomic E-state index is 12.8. The summed E-state index contributed by atoms with van der Waals surface area (Å²) in [6, 6.07) is 11.6. The van der Waals surface area contributed by atoms with E-state index in [1.165, 1.54) is 18.3 Å². The molecule has 10 heteroatoms. The highest BCUT2D eigenvalue weighted by molar-refractivity contribution is 8.45. The van der Waals surface area contributed by atoms with Crippen LogP contribution in [-0.4, -0.2) is 16.1 Å². The highest BCUT2D eigenvalue weighted by Gasteiger charge is 2.65. The van der Waals surface area contributed by atoms with Gasteiger partial charge in [0.25, 0.3) is 0 Å². The fraction of sp³-hybridized carbons (Fsp3) is 0. The first-order valence-corrected chi connectivity index (χ1v) is 9.68. The summed E-state index contributed by atoms with van der Waals surface area (Å²) in [6.07, 6.45) is 1.44. The zero-order valence-electron chi connectivity index (χ0n) is 14.0. The highest BCUT2D eigenvalue weighted by atomic mass is 32.5. The number of anilines is 2. The van der Waals surface area contributed by atoms with Crippen LogP contribution in [0.2, 0.25) is 0 Å². The largest absolute Gasteiger partial charge is 0.478 e.